The summed E-state index contributed by atoms with van der Waals surface area (Å²) < 4.78 is 2.18. The van der Waals surface area contributed by atoms with Crippen LogP contribution in [0, 0.1) is 0 Å². The fourth-order valence-electron chi connectivity index (χ4n) is 2.92. The molecule has 2 heterocycles. The average Bonchev–Trinajstić information content (AvgIpc) is 3.32. The number of nitrogens with zero attached hydrogens (tertiary/aromatic N) is 4. The maximum absolute atomic E-state index is 12.0. The number of rotatable bonds is 6. The van der Waals surface area contributed by atoms with Crippen LogP contribution in [0.2, 0.25) is 0 Å². The number of urea groups is 1. The van der Waals surface area contributed by atoms with Crippen LogP contribution in [0.4, 0.5) is 10.7 Å². The van der Waals surface area contributed by atoms with Crippen molar-refractivity contribution in [3.05, 3.63) is 0 Å². The lowest BCUT2D eigenvalue weighted by Gasteiger charge is -2.27. The van der Waals surface area contributed by atoms with Crippen LogP contribution in [0.25, 0.3) is 0 Å². The van der Waals surface area contributed by atoms with E-state index in [2.05, 4.69) is 30.3 Å². The highest BCUT2D eigenvalue weighted by molar-refractivity contribution is 7.99. The smallest absolute Gasteiger partial charge is 0.321 e. The highest BCUT2D eigenvalue weighted by atomic mass is 32.2. The molecule has 9 heteroatoms. The summed E-state index contributed by atoms with van der Waals surface area (Å²) in [6, 6.07) is -0.0227. The van der Waals surface area contributed by atoms with Gasteiger partial charge in [-0.15, -0.1) is 10.2 Å². The van der Waals surface area contributed by atoms with E-state index < -0.39 is 6.03 Å². The molecule has 8 nitrogen and oxygen atoms in total. The third-order valence-electron chi connectivity index (χ3n) is 4.20. The predicted molar refractivity (Wildman–Crippen MR) is 96.9 cm³/mol. The zero-order chi connectivity index (χ0) is 17.8. The van der Waals surface area contributed by atoms with Crippen LogP contribution in [0.3, 0.4) is 0 Å². The molecule has 0 unspecified atom stereocenters. The number of piperidine rings is 1. The van der Waals surface area contributed by atoms with Crippen molar-refractivity contribution >= 4 is 29.6 Å². The zero-order valence-corrected chi connectivity index (χ0v) is 15.6. The highest BCUT2D eigenvalue weighted by Crippen LogP contribution is 2.41. The second-order valence-electron chi connectivity index (χ2n) is 6.90. The molecule has 1 aliphatic carbocycles. The van der Waals surface area contributed by atoms with Crippen LogP contribution in [0.5, 0.6) is 0 Å². The lowest BCUT2D eigenvalue weighted by atomic mass is 10.1. The average molecular weight is 366 g/mol. The monoisotopic (exact) mass is 366 g/mol. The summed E-state index contributed by atoms with van der Waals surface area (Å²) in [6.45, 7) is 5.73. The number of thioether (sulfide) groups is 1. The van der Waals surface area contributed by atoms with Crippen LogP contribution in [-0.2, 0) is 4.79 Å². The Labute approximate surface area is 152 Å². The quantitative estimate of drug-likeness (QED) is 0.748. The molecule has 2 fully saturated rings. The Morgan fingerprint density at radius 1 is 1.20 bits per heavy atom. The third kappa shape index (κ3) is 4.87. The van der Waals surface area contributed by atoms with Crippen molar-refractivity contribution in [3.63, 3.8) is 0 Å². The predicted octanol–water partition coefficient (Wildman–Crippen LogP) is 1.93. The van der Waals surface area contributed by atoms with Gasteiger partial charge in [0, 0.05) is 25.2 Å². The summed E-state index contributed by atoms with van der Waals surface area (Å²) in [4.78, 5) is 25.8. The molecule has 1 aromatic rings. The Morgan fingerprint density at radius 2 is 1.92 bits per heavy atom. The molecule has 2 aliphatic rings. The zero-order valence-electron chi connectivity index (χ0n) is 14.8. The largest absolute Gasteiger partial charge is 0.341 e. The molecule has 2 N–H and O–H groups in total. The maximum atomic E-state index is 12.0. The van der Waals surface area contributed by atoms with Crippen LogP contribution in [-0.4, -0.2) is 51.6 Å². The number of imide groups is 1. The van der Waals surface area contributed by atoms with E-state index in [-0.39, 0.29) is 17.7 Å². The maximum Gasteiger partial charge on any atom is 0.321 e. The highest BCUT2D eigenvalue weighted by Gasteiger charge is 2.32. The third-order valence-corrected chi connectivity index (χ3v) is 5.15. The van der Waals surface area contributed by atoms with Gasteiger partial charge in [-0.1, -0.05) is 11.8 Å². The molecule has 3 rings (SSSR count). The first kappa shape index (κ1) is 18.0. The van der Waals surface area contributed by atoms with E-state index in [1.807, 2.05) is 13.8 Å². The Hall–Kier alpha value is -1.77. The second-order valence-corrected chi connectivity index (χ2v) is 7.84. The second kappa shape index (κ2) is 8.07. The van der Waals surface area contributed by atoms with E-state index in [1.165, 1.54) is 31.0 Å². The molecule has 0 bridgehead atoms. The van der Waals surface area contributed by atoms with Crippen molar-refractivity contribution in [1.29, 1.82) is 0 Å². The van der Waals surface area contributed by atoms with E-state index in [9.17, 15) is 9.59 Å². The van der Waals surface area contributed by atoms with Gasteiger partial charge in [0.25, 0.3) is 0 Å². The van der Waals surface area contributed by atoms with E-state index >= 15 is 0 Å². The number of hydrogen-bond donors (Lipinski definition) is 2. The van der Waals surface area contributed by atoms with Crippen molar-refractivity contribution in [2.24, 2.45) is 0 Å². The molecule has 1 aliphatic heterocycles. The first-order valence-electron chi connectivity index (χ1n) is 8.97. The first-order valence-corrected chi connectivity index (χ1v) is 9.96. The molecule has 0 aromatic carbocycles. The van der Waals surface area contributed by atoms with Crippen molar-refractivity contribution in [2.75, 3.05) is 23.7 Å². The van der Waals surface area contributed by atoms with E-state index in [0.29, 0.717) is 6.04 Å². The van der Waals surface area contributed by atoms with Gasteiger partial charge >= 0.3 is 6.03 Å². The van der Waals surface area contributed by atoms with Crippen LogP contribution >= 0.6 is 11.8 Å². The summed E-state index contributed by atoms with van der Waals surface area (Å²) in [6.07, 6.45) is 5.92. The Balaban J connectivity index is 1.60. The lowest BCUT2D eigenvalue weighted by Crippen LogP contribution is -2.43. The molecule has 138 valence electrons. The minimum atomic E-state index is -0.460. The van der Waals surface area contributed by atoms with E-state index in [1.54, 1.807) is 0 Å². The number of nitrogens with one attached hydrogen (secondary N) is 2. The Morgan fingerprint density at radius 3 is 2.56 bits per heavy atom. The molecule has 0 radical (unpaired) electrons. The molecular formula is C16H26N6O2S. The molecule has 0 spiro atoms. The fraction of sp³-hybridized carbons (Fsp3) is 0.750. The molecule has 0 atom stereocenters. The van der Waals surface area contributed by atoms with Gasteiger partial charge in [0.15, 0.2) is 5.16 Å². The van der Waals surface area contributed by atoms with Gasteiger partial charge in [-0.05, 0) is 46.0 Å². The Kier molecular flexibility index (Phi) is 5.82. The fourth-order valence-corrected chi connectivity index (χ4v) is 3.72. The summed E-state index contributed by atoms with van der Waals surface area (Å²) in [5.74, 6) is 0.756. The van der Waals surface area contributed by atoms with Crippen LogP contribution < -0.4 is 15.5 Å². The number of aromatic nitrogens is 3. The van der Waals surface area contributed by atoms with Crippen LogP contribution in [0.15, 0.2) is 5.16 Å². The standard InChI is InChI=1S/C16H26N6O2S/c1-11(2)17-14(24)18-13(23)10-25-16-20-19-15(22(16)12-6-7-12)21-8-4-3-5-9-21/h11-12H,3-10H2,1-2H3,(H2,17,18,23,24). The lowest BCUT2D eigenvalue weighted by molar-refractivity contribution is -0.117. The van der Waals surface area contributed by atoms with Gasteiger partial charge in [0.1, 0.15) is 0 Å². The van der Waals surface area contributed by atoms with Gasteiger partial charge in [0.2, 0.25) is 11.9 Å². The summed E-state index contributed by atoms with van der Waals surface area (Å²) in [5.41, 5.74) is 0. The molecule has 1 saturated heterocycles. The normalized spacial score (nSPS) is 17.6. The molecule has 3 amide bonds. The van der Waals surface area contributed by atoms with Gasteiger partial charge in [0.05, 0.1) is 5.75 Å². The first-order chi connectivity index (χ1) is 12.0. The van der Waals surface area contributed by atoms with E-state index in [0.717, 1.165) is 37.0 Å². The number of anilines is 1. The minimum absolute atomic E-state index is 0.00878. The van der Waals surface area contributed by atoms with Crippen molar-refractivity contribution in [3.8, 4) is 0 Å². The number of amides is 3. The topological polar surface area (TPSA) is 92.2 Å². The van der Waals surface area contributed by atoms with E-state index in [4.69, 9.17) is 0 Å². The van der Waals surface area contributed by atoms with Gasteiger partial charge in [-0.2, -0.15) is 0 Å². The number of hydrogen-bond acceptors (Lipinski definition) is 6. The summed E-state index contributed by atoms with van der Waals surface area (Å²) in [5, 5.41) is 14.4. The minimum Gasteiger partial charge on any atom is -0.341 e. The number of carbonyl (C=O) groups is 2. The molecule has 25 heavy (non-hydrogen) atoms. The molecular weight excluding hydrogens is 340 g/mol. The van der Waals surface area contributed by atoms with Gasteiger partial charge < -0.3 is 10.2 Å². The summed E-state index contributed by atoms with van der Waals surface area (Å²) in [7, 11) is 0. The van der Waals surface area contributed by atoms with Gasteiger partial charge in [-0.25, -0.2) is 4.79 Å². The SMILES string of the molecule is CC(C)NC(=O)NC(=O)CSc1nnc(N2CCCCC2)n1C1CC1. The van der Waals surface area contributed by atoms with Crippen LogP contribution in [0.1, 0.15) is 52.0 Å². The molecule has 1 saturated carbocycles. The van der Waals surface area contributed by atoms with Crippen molar-refractivity contribution in [1.82, 2.24) is 25.4 Å². The van der Waals surface area contributed by atoms with Crippen molar-refractivity contribution < 1.29 is 9.59 Å². The number of carbonyl (C=O) groups excluding carboxylic acids is 2. The Bertz CT molecular complexity index is 622. The van der Waals surface area contributed by atoms with Crippen molar-refractivity contribution in [2.45, 2.75) is 63.2 Å². The molecule has 1 aromatic heterocycles. The summed E-state index contributed by atoms with van der Waals surface area (Å²) >= 11 is 1.34. The van der Waals surface area contributed by atoms with Gasteiger partial charge in [-0.3, -0.25) is 14.7 Å².